The van der Waals surface area contributed by atoms with Crippen LogP contribution in [-0.2, 0) is 0 Å². The van der Waals surface area contributed by atoms with Crippen LogP contribution in [0, 0.1) is 6.08 Å². The summed E-state index contributed by atoms with van der Waals surface area (Å²) in [6.45, 7) is 0. The highest BCUT2D eigenvalue weighted by molar-refractivity contribution is 5.14. The normalized spacial score (nSPS) is 29.8. The van der Waals surface area contributed by atoms with Crippen LogP contribution in [-0.4, -0.2) is 0 Å². The van der Waals surface area contributed by atoms with Crippen LogP contribution in [0.2, 0.25) is 0 Å². The summed E-state index contributed by atoms with van der Waals surface area (Å²) in [5.74, 6) is 0. The predicted octanol–water partition coefficient (Wildman–Crippen LogP) is 3.20. The van der Waals surface area contributed by atoms with Gasteiger partial charge in [-0.15, -0.1) is 0 Å². The molecule has 11 heavy (non-hydrogen) atoms. The van der Waals surface area contributed by atoms with Gasteiger partial charge in [0.1, 0.15) is 0 Å². The van der Waals surface area contributed by atoms with Crippen LogP contribution in [0.4, 0.5) is 0 Å². The second-order valence-electron chi connectivity index (χ2n) is 2.46. The first kappa shape index (κ1) is 8.06. The van der Waals surface area contributed by atoms with Crippen molar-refractivity contribution >= 4 is 0 Å². The van der Waals surface area contributed by atoms with Crippen LogP contribution < -0.4 is 0 Å². The van der Waals surface area contributed by atoms with Gasteiger partial charge in [-0.2, -0.15) is 0 Å². The molecule has 0 bridgehead atoms. The summed E-state index contributed by atoms with van der Waals surface area (Å²) in [6, 6.07) is 0. The maximum absolute atomic E-state index is 3.20. The maximum atomic E-state index is 3.20. The smallest absolute Gasteiger partial charge is 0.0273 e. The van der Waals surface area contributed by atoms with Gasteiger partial charge in [0.2, 0.25) is 0 Å². The van der Waals surface area contributed by atoms with Gasteiger partial charge in [-0.1, -0.05) is 42.5 Å². The molecular formula is C11H13. The Kier molecular flexibility index (Phi) is 4.19. The van der Waals surface area contributed by atoms with E-state index in [2.05, 4.69) is 24.3 Å². The molecule has 0 fully saturated rings. The van der Waals surface area contributed by atoms with Gasteiger partial charge in [-0.25, -0.2) is 0 Å². The standard InChI is InChI=1S/C11H13/c1-2-4-6-8-10-11-9-7-5-3-1/h1-7H,8,10-11H2/b2-1-,5-3+,6-4-,9-7?. The lowest BCUT2D eigenvalue weighted by atomic mass is 10.2. The Labute approximate surface area is 68.6 Å². The molecule has 0 heteroatoms. The second-order valence-corrected chi connectivity index (χ2v) is 2.46. The van der Waals surface area contributed by atoms with Gasteiger partial charge in [-0.05, 0) is 25.3 Å². The van der Waals surface area contributed by atoms with Crippen LogP contribution in [0.25, 0.3) is 0 Å². The van der Waals surface area contributed by atoms with Gasteiger partial charge in [0.05, 0.1) is 0 Å². The highest BCUT2D eigenvalue weighted by atomic mass is 13.9. The lowest BCUT2D eigenvalue weighted by Gasteiger charge is -1.86. The van der Waals surface area contributed by atoms with Crippen molar-refractivity contribution in [2.75, 3.05) is 0 Å². The van der Waals surface area contributed by atoms with Crippen LogP contribution in [0.3, 0.4) is 0 Å². The number of allylic oxidation sites excluding steroid dienone is 8. The molecule has 0 saturated carbocycles. The molecule has 0 heterocycles. The second kappa shape index (κ2) is 5.72. The zero-order valence-corrected chi connectivity index (χ0v) is 6.66. The fourth-order valence-corrected chi connectivity index (χ4v) is 0.896. The molecule has 57 valence electrons. The Hall–Kier alpha value is -1.04. The molecule has 1 aliphatic carbocycles. The van der Waals surface area contributed by atoms with Crippen molar-refractivity contribution in [2.24, 2.45) is 0 Å². The van der Waals surface area contributed by atoms with Crippen molar-refractivity contribution in [3.05, 3.63) is 48.6 Å². The van der Waals surface area contributed by atoms with Gasteiger partial charge < -0.3 is 0 Å². The van der Waals surface area contributed by atoms with Crippen LogP contribution in [0.1, 0.15) is 19.3 Å². The summed E-state index contributed by atoms with van der Waals surface area (Å²) in [4.78, 5) is 0. The van der Waals surface area contributed by atoms with E-state index >= 15 is 0 Å². The fourth-order valence-electron chi connectivity index (χ4n) is 0.896. The van der Waals surface area contributed by atoms with E-state index in [0.29, 0.717) is 0 Å². The molecule has 0 saturated heterocycles. The summed E-state index contributed by atoms with van der Waals surface area (Å²) >= 11 is 0. The van der Waals surface area contributed by atoms with E-state index in [9.17, 15) is 0 Å². The minimum absolute atomic E-state index is 1.06. The van der Waals surface area contributed by atoms with E-state index in [4.69, 9.17) is 0 Å². The van der Waals surface area contributed by atoms with Crippen LogP contribution >= 0.6 is 0 Å². The van der Waals surface area contributed by atoms with E-state index in [1.54, 1.807) is 0 Å². The molecular weight excluding hydrogens is 132 g/mol. The lowest BCUT2D eigenvalue weighted by molar-refractivity contribution is 0.855. The quantitative estimate of drug-likeness (QED) is 0.491. The van der Waals surface area contributed by atoms with Gasteiger partial charge in [-0.3, -0.25) is 0 Å². The van der Waals surface area contributed by atoms with Gasteiger partial charge >= 0.3 is 0 Å². The average molecular weight is 145 g/mol. The highest BCUT2D eigenvalue weighted by Gasteiger charge is 1.79. The van der Waals surface area contributed by atoms with E-state index in [0.717, 1.165) is 12.8 Å². The summed E-state index contributed by atoms with van der Waals surface area (Å²) < 4.78 is 0. The molecule has 0 aliphatic heterocycles. The molecule has 0 atom stereocenters. The maximum Gasteiger partial charge on any atom is -0.0273 e. The third-order valence-electron chi connectivity index (χ3n) is 1.49. The Morgan fingerprint density at radius 2 is 1.73 bits per heavy atom. The minimum Gasteiger partial charge on any atom is -0.0845 e. The average Bonchev–Trinajstić information content (AvgIpc) is 2.08. The summed E-state index contributed by atoms with van der Waals surface area (Å²) in [6.07, 6.45) is 21.0. The first-order chi connectivity index (χ1) is 5.50. The Balaban J connectivity index is 2.47. The van der Waals surface area contributed by atoms with Gasteiger partial charge in [0, 0.05) is 0 Å². The van der Waals surface area contributed by atoms with Crippen molar-refractivity contribution in [1.29, 1.82) is 0 Å². The highest BCUT2D eigenvalue weighted by Crippen LogP contribution is 1.98. The number of hydrogen-bond donors (Lipinski definition) is 0. The fraction of sp³-hybridized carbons (Fsp3) is 0.273. The first-order valence-corrected chi connectivity index (χ1v) is 4.05. The SMILES string of the molecule is [C]1=C/C=C/C=C\C=C/CCC\1. The Bertz CT molecular complexity index is 170. The van der Waals surface area contributed by atoms with Crippen molar-refractivity contribution in [3.63, 3.8) is 0 Å². The van der Waals surface area contributed by atoms with Crippen molar-refractivity contribution in [3.8, 4) is 0 Å². The van der Waals surface area contributed by atoms with Crippen LogP contribution in [0.5, 0.6) is 0 Å². The molecule has 0 aromatic carbocycles. The molecule has 1 rings (SSSR count). The lowest BCUT2D eigenvalue weighted by Crippen LogP contribution is -1.68. The monoisotopic (exact) mass is 145 g/mol. The molecule has 0 spiro atoms. The summed E-state index contributed by atoms with van der Waals surface area (Å²) in [5.41, 5.74) is 0. The zero-order valence-electron chi connectivity index (χ0n) is 6.66. The van der Waals surface area contributed by atoms with Crippen molar-refractivity contribution < 1.29 is 0 Å². The molecule has 0 amide bonds. The first-order valence-electron chi connectivity index (χ1n) is 4.05. The largest absolute Gasteiger partial charge is 0.0845 e. The third-order valence-corrected chi connectivity index (χ3v) is 1.49. The zero-order chi connectivity index (χ0) is 7.78. The Morgan fingerprint density at radius 3 is 2.73 bits per heavy atom. The summed E-state index contributed by atoms with van der Waals surface area (Å²) in [7, 11) is 0. The molecule has 0 aromatic heterocycles. The van der Waals surface area contributed by atoms with Gasteiger partial charge in [0.25, 0.3) is 0 Å². The molecule has 0 aromatic rings. The molecule has 0 N–H and O–H groups in total. The van der Waals surface area contributed by atoms with Crippen molar-refractivity contribution in [2.45, 2.75) is 19.3 Å². The molecule has 0 nitrogen and oxygen atoms in total. The molecule has 1 aliphatic rings. The number of hydrogen-bond acceptors (Lipinski definition) is 0. The number of rotatable bonds is 0. The molecule has 0 unspecified atom stereocenters. The Morgan fingerprint density at radius 1 is 0.909 bits per heavy atom. The van der Waals surface area contributed by atoms with Crippen molar-refractivity contribution in [1.82, 2.24) is 0 Å². The van der Waals surface area contributed by atoms with Gasteiger partial charge in [0.15, 0.2) is 0 Å². The topological polar surface area (TPSA) is 0 Å². The van der Waals surface area contributed by atoms with E-state index in [1.807, 2.05) is 24.3 Å². The third kappa shape index (κ3) is 4.38. The van der Waals surface area contributed by atoms with Crippen LogP contribution in [0.15, 0.2) is 42.5 Å². The van der Waals surface area contributed by atoms with E-state index < -0.39 is 0 Å². The predicted molar refractivity (Wildman–Crippen MR) is 49.1 cm³/mol. The van der Waals surface area contributed by atoms with E-state index in [1.165, 1.54) is 6.42 Å². The van der Waals surface area contributed by atoms with E-state index in [-0.39, 0.29) is 0 Å². The minimum atomic E-state index is 1.06. The summed E-state index contributed by atoms with van der Waals surface area (Å²) in [5, 5.41) is 0. The molecule has 1 radical (unpaired) electrons.